The zero-order valence-corrected chi connectivity index (χ0v) is 3.76. The highest BCUT2D eigenvalue weighted by Gasteiger charge is 1.92. The molecule has 0 bridgehead atoms. The molecule has 0 radical (unpaired) electrons. The Morgan fingerprint density at radius 2 is 2.43 bits per heavy atom. The maximum Gasteiger partial charge on any atom is 0.333 e. The molecule has 0 rings (SSSR count). The van der Waals surface area contributed by atoms with Gasteiger partial charge in [-0.3, -0.25) is 5.73 Å². The fraction of sp³-hybridized carbons (Fsp3) is 0.667. The Hall–Kier alpha value is -0.610. The van der Waals surface area contributed by atoms with E-state index in [-0.39, 0.29) is 6.73 Å². The fourth-order valence-corrected chi connectivity index (χ4v) is 0.139. The third-order valence-corrected chi connectivity index (χ3v) is 0.373. The van der Waals surface area contributed by atoms with Crippen molar-refractivity contribution in [1.29, 1.82) is 0 Å². The van der Waals surface area contributed by atoms with Crippen LogP contribution in [-0.4, -0.2) is 24.4 Å². The lowest BCUT2D eigenvalue weighted by Crippen LogP contribution is -2.14. The van der Waals surface area contributed by atoms with E-state index in [0.717, 1.165) is 0 Å². The van der Waals surface area contributed by atoms with Crippen molar-refractivity contribution in [2.24, 2.45) is 5.73 Å². The molecule has 0 aliphatic rings. The first-order chi connectivity index (χ1) is 3.31. The van der Waals surface area contributed by atoms with Crippen molar-refractivity contribution in [3.63, 3.8) is 0 Å². The largest absolute Gasteiger partial charge is 0.448 e. The van der Waals surface area contributed by atoms with Gasteiger partial charge in [-0.1, -0.05) is 0 Å². The molecule has 0 amide bonds. The Morgan fingerprint density at radius 1 is 1.86 bits per heavy atom. The first kappa shape index (κ1) is 6.39. The van der Waals surface area contributed by atoms with E-state index in [1.807, 2.05) is 0 Å². The highest BCUT2D eigenvalue weighted by atomic mass is 16.5. The highest BCUT2D eigenvalue weighted by molar-refractivity contribution is 5.70. The zero-order valence-electron chi connectivity index (χ0n) is 3.76. The van der Waals surface area contributed by atoms with E-state index >= 15 is 0 Å². The summed E-state index contributed by atoms with van der Waals surface area (Å²) < 4.78 is 4.08. The van der Waals surface area contributed by atoms with E-state index in [9.17, 15) is 4.79 Å². The second kappa shape index (κ2) is 3.58. The average molecular weight is 105 g/mol. The number of ether oxygens (including phenoxy) is 1. The molecule has 4 heteroatoms. The van der Waals surface area contributed by atoms with Crippen molar-refractivity contribution in [1.82, 2.24) is 0 Å². The third-order valence-electron chi connectivity index (χ3n) is 0.373. The van der Waals surface area contributed by atoms with Gasteiger partial charge in [0.05, 0.1) is 0 Å². The second-order valence-electron chi connectivity index (χ2n) is 0.841. The summed E-state index contributed by atoms with van der Waals surface area (Å²) in [4.78, 5) is 9.86. The summed E-state index contributed by atoms with van der Waals surface area (Å²) in [5, 5.41) is 7.94. The topological polar surface area (TPSA) is 72.5 Å². The van der Waals surface area contributed by atoms with Gasteiger partial charge in [-0.15, -0.1) is 0 Å². The molecule has 0 aromatic rings. The summed E-state index contributed by atoms with van der Waals surface area (Å²) in [5.74, 6) is -0.692. The molecule has 7 heavy (non-hydrogen) atoms. The third kappa shape index (κ3) is 3.21. The molecular weight excluding hydrogens is 98.0 g/mol. The molecule has 0 saturated heterocycles. The second-order valence-corrected chi connectivity index (χ2v) is 0.841. The number of hydrogen-bond acceptors (Lipinski definition) is 4. The number of nitrogens with two attached hydrogens (primary N) is 1. The molecule has 0 aliphatic heterocycles. The first-order valence-electron chi connectivity index (χ1n) is 1.77. The summed E-state index contributed by atoms with van der Waals surface area (Å²) in [7, 11) is 0. The number of esters is 1. The van der Waals surface area contributed by atoms with Gasteiger partial charge in [0, 0.05) is 0 Å². The lowest BCUT2D eigenvalue weighted by Gasteiger charge is -1.93. The number of aliphatic hydroxyl groups excluding tert-OH is 1. The lowest BCUT2D eigenvalue weighted by molar-refractivity contribution is -0.146. The molecule has 0 spiro atoms. The Balaban J connectivity index is 3.00. The fourth-order valence-electron chi connectivity index (χ4n) is 0.139. The van der Waals surface area contributed by atoms with Crippen LogP contribution < -0.4 is 5.73 Å². The summed E-state index contributed by atoms with van der Waals surface area (Å²) in [6.07, 6.45) is 0. The molecule has 0 atom stereocenters. The van der Waals surface area contributed by atoms with E-state index in [2.05, 4.69) is 4.74 Å². The smallest absolute Gasteiger partial charge is 0.333 e. The van der Waals surface area contributed by atoms with Crippen molar-refractivity contribution < 1.29 is 14.6 Å². The molecule has 0 aromatic heterocycles. The van der Waals surface area contributed by atoms with Gasteiger partial charge in [-0.05, 0) is 0 Å². The predicted octanol–water partition coefficient (Wildman–Crippen LogP) is -1.56. The molecule has 0 aromatic carbocycles. The van der Waals surface area contributed by atoms with Gasteiger partial charge >= 0.3 is 5.97 Å². The van der Waals surface area contributed by atoms with Crippen molar-refractivity contribution in [3.8, 4) is 0 Å². The predicted molar refractivity (Wildman–Crippen MR) is 22.2 cm³/mol. The summed E-state index contributed by atoms with van der Waals surface area (Å²) in [6, 6.07) is 0. The Morgan fingerprint density at radius 3 is 2.57 bits per heavy atom. The number of rotatable bonds is 2. The summed E-state index contributed by atoms with van der Waals surface area (Å²) in [6.45, 7) is -0.767. The van der Waals surface area contributed by atoms with Gasteiger partial charge < -0.3 is 9.84 Å². The minimum Gasteiger partial charge on any atom is -0.448 e. The van der Waals surface area contributed by atoms with Crippen molar-refractivity contribution in [2.75, 3.05) is 13.3 Å². The van der Waals surface area contributed by atoms with Crippen molar-refractivity contribution >= 4 is 5.97 Å². The molecule has 0 unspecified atom stereocenters. The summed E-state index contributed by atoms with van der Waals surface area (Å²) >= 11 is 0. The zero-order chi connectivity index (χ0) is 5.70. The van der Waals surface area contributed by atoms with Crippen LogP contribution in [0, 0.1) is 0 Å². The van der Waals surface area contributed by atoms with E-state index in [4.69, 9.17) is 10.8 Å². The van der Waals surface area contributed by atoms with Crippen LogP contribution >= 0.6 is 0 Å². The highest BCUT2D eigenvalue weighted by Crippen LogP contribution is 1.67. The Labute approximate surface area is 40.9 Å². The van der Waals surface area contributed by atoms with Gasteiger partial charge in [-0.2, -0.15) is 0 Å². The molecule has 0 fully saturated rings. The van der Waals surface area contributed by atoms with Crippen molar-refractivity contribution in [2.45, 2.75) is 0 Å². The minimum atomic E-state index is -0.692. The van der Waals surface area contributed by atoms with E-state index < -0.39 is 12.6 Å². The Bertz CT molecular complexity index is 63.2. The quantitative estimate of drug-likeness (QED) is 0.329. The van der Waals surface area contributed by atoms with Gasteiger partial charge in [0.2, 0.25) is 0 Å². The molecule has 0 heterocycles. The standard InChI is InChI=1S/C3H7NO3/c4-2-7-3(6)1-5/h5H,1-2,4H2. The average Bonchev–Trinajstić information content (AvgIpc) is 1.68. The molecule has 3 N–H and O–H groups in total. The first-order valence-corrected chi connectivity index (χ1v) is 1.77. The minimum absolute atomic E-state index is 0.167. The van der Waals surface area contributed by atoms with Crippen LogP contribution in [0.5, 0.6) is 0 Å². The van der Waals surface area contributed by atoms with Crippen LogP contribution in [0.15, 0.2) is 0 Å². The number of aliphatic hydroxyl groups is 1. The van der Waals surface area contributed by atoms with Crippen LogP contribution in [0.25, 0.3) is 0 Å². The van der Waals surface area contributed by atoms with E-state index in [1.54, 1.807) is 0 Å². The van der Waals surface area contributed by atoms with Gasteiger partial charge in [0.15, 0.2) is 0 Å². The van der Waals surface area contributed by atoms with Gasteiger partial charge in [-0.25, -0.2) is 4.79 Å². The monoisotopic (exact) mass is 105 g/mol. The maximum atomic E-state index is 9.86. The van der Waals surface area contributed by atoms with Gasteiger partial charge in [0.1, 0.15) is 13.3 Å². The van der Waals surface area contributed by atoms with Crippen LogP contribution in [0.1, 0.15) is 0 Å². The van der Waals surface area contributed by atoms with E-state index in [1.165, 1.54) is 0 Å². The SMILES string of the molecule is NCOC(=O)CO. The normalized spacial score (nSPS) is 8.29. The number of hydrogen-bond donors (Lipinski definition) is 2. The lowest BCUT2D eigenvalue weighted by atomic mass is 10.7. The number of carbonyl (C=O) groups excluding carboxylic acids is 1. The molecule has 42 valence electrons. The molecule has 4 nitrogen and oxygen atoms in total. The van der Waals surface area contributed by atoms with Gasteiger partial charge in [0.25, 0.3) is 0 Å². The maximum absolute atomic E-state index is 9.86. The van der Waals surface area contributed by atoms with Crippen LogP contribution in [0.4, 0.5) is 0 Å². The molecule has 0 aliphatic carbocycles. The summed E-state index contributed by atoms with van der Waals surface area (Å²) in [5.41, 5.74) is 4.75. The van der Waals surface area contributed by atoms with E-state index in [0.29, 0.717) is 0 Å². The van der Waals surface area contributed by atoms with Crippen LogP contribution in [0.3, 0.4) is 0 Å². The number of carbonyl (C=O) groups is 1. The Kier molecular flexibility index (Phi) is 3.26. The van der Waals surface area contributed by atoms with Crippen molar-refractivity contribution in [3.05, 3.63) is 0 Å². The van der Waals surface area contributed by atoms with Crippen LogP contribution in [-0.2, 0) is 9.53 Å². The van der Waals surface area contributed by atoms with Crippen LogP contribution in [0.2, 0.25) is 0 Å². The molecule has 0 saturated carbocycles. The molecular formula is C3H7NO3.